The highest BCUT2D eigenvalue weighted by molar-refractivity contribution is 7.89. The number of carbonyl (C=O) groups excluding carboxylic acids is 1. The van der Waals surface area contributed by atoms with E-state index in [9.17, 15) is 13.2 Å². The summed E-state index contributed by atoms with van der Waals surface area (Å²) in [5, 5.41) is 2.55. The lowest BCUT2D eigenvalue weighted by atomic mass is 10.2. The highest BCUT2D eigenvalue weighted by atomic mass is 32.2. The highest BCUT2D eigenvalue weighted by Crippen LogP contribution is 2.27. The van der Waals surface area contributed by atoms with Crippen LogP contribution >= 0.6 is 0 Å². The molecule has 2 N–H and O–H groups in total. The number of anilines is 1. The first-order valence-electron chi connectivity index (χ1n) is 7.96. The predicted molar refractivity (Wildman–Crippen MR) is 99.2 cm³/mol. The van der Waals surface area contributed by atoms with Crippen LogP contribution in [0.5, 0.6) is 11.5 Å². The van der Waals surface area contributed by atoms with Crippen LogP contribution in [0, 0.1) is 6.92 Å². The van der Waals surface area contributed by atoms with Crippen molar-refractivity contribution in [1.29, 1.82) is 0 Å². The Bertz CT molecular complexity index is 881. The van der Waals surface area contributed by atoms with Crippen LogP contribution in [0.25, 0.3) is 0 Å². The van der Waals surface area contributed by atoms with Crippen LogP contribution in [0.2, 0.25) is 0 Å². The van der Waals surface area contributed by atoms with Gasteiger partial charge in [-0.3, -0.25) is 4.79 Å². The van der Waals surface area contributed by atoms with Gasteiger partial charge in [0, 0.05) is 13.5 Å². The van der Waals surface area contributed by atoms with Crippen LogP contribution in [0.3, 0.4) is 0 Å². The average molecular weight is 378 g/mol. The zero-order valence-electron chi connectivity index (χ0n) is 14.9. The second-order valence-corrected chi connectivity index (χ2v) is 7.37. The molecule has 0 atom stereocenters. The molecule has 0 aromatic heterocycles. The van der Waals surface area contributed by atoms with Crippen LogP contribution in [0.4, 0.5) is 5.69 Å². The molecule has 0 spiro atoms. The number of benzene rings is 2. The summed E-state index contributed by atoms with van der Waals surface area (Å²) in [5.74, 6) is 0.737. The minimum absolute atomic E-state index is 0.0256. The van der Waals surface area contributed by atoms with Gasteiger partial charge in [0.15, 0.2) is 0 Å². The Hall–Kier alpha value is -2.58. The molecule has 26 heavy (non-hydrogen) atoms. The van der Waals surface area contributed by atoms with Gasteiger partial charge in [-0.25, -0.2) is 13.1 Å². The smallest absolute Gasteiger partial charge is 0.240 e. The monoisotopic (exact) mass is 378 g/mol. The Labute approximate surface area is 153 Å². The van der Waals surface area contributed by atoms with Gasteiger partial charge in [0.25, 0.3) is 0 Å². The van der Waals surface area contributed by atoms with Gasteiger partial charge >= 0.3 is 0 Å². The van der Waals surface area contributed by atoms with Crippen LogP contribution in [0.1, 0.15) is 12.5 Å². The molecule has 2 aromatic rings. The first-order chi connectivity index (χ1) is 12.3. The SMILES string of the molecule is COc1ccc(S(=O)(=O)NCCOc2cccc(C)c2)cc1NC(C)=O. The molecule has 0 aliphatic carbocycles. The Kier molecular flexibility index (Phi) is 6.59. The van der Waals surface area contributed by atoms with Crippen molar-refractivity contribution in [3.05, 3.63) is 48.0 Å². The van der Waals surface area contributed by atoms with Crippen LogP contribution in [-0.2, 0) is 14.8 Å². The number of amides is 1. The summed E-state index contributed by atoms with van der Waals surface area (Å²) in [4.78, 5) is 11.3. The molecule has 7 nitrogen and oxygen atoms in total. The maximum absolute atomic E-state index is 12.4. The second kappa shape index (κ2) is 8.68. The van der Waals surface area contributed by atoms with Gasteiger partial charge < -0.3 is 14.8 Å². The summed E-state index contributed by atoms with van der Waals surface area (Å²) in [5.41, 5.74) is 1.35. The topological polar surface area (TPSA) is 93.7 Å². The van der Waals surface area contributed by atoms with E-state index >= 15 is 0 Å². The van der Waals surface area contributed by atoms with Gasteiger partial charge in [-0.2, -0.15) is 0 Å². The maximum atomic E-state index is 12.4. The minimum atomic E-state index is -3.74. The Morgan fingerprint density at radius 1 is 1.15 bits per heavy atom. The number of nitrogens with one attached hydrogen (secondary N) is 2. The van der Waals surface area contributed by atoms with Crippen molar-refractivity contribution in [1.82, 2.24) is 4.72 Å². The maximum Gasteiger partial charge on any atom is 0.240 e. The van der Waals surface area contributed by atoms with E-state index in [1.165, 1.54) is 32.2 Å². The van der Waals surface area contributed by atoms with Gasteiger partial charge in [-0.1, -0.05) is 12.1 Å². The first-order valence-corrected chi connectivity index (χ1v) is 9.45. The number of methoxy groups -OCH3 is 1. The molecule has 0 saturated carbocycles. The fourth-order valence-corrected chi connectivity index (χ4v) is 3.31. The quantitative estimate of drug-likeness (QED) is 0.688. The summed E-state index contributed by atoms with van der Waals surface area (Å²) in [6.07, 6.45) is 0. The third kappa shape index (κ3) is 5.47. The fourth-order valence-electron chi connectivity index (χ4n) is 2.27. The minimum Gasteiger partial charge on any atom is -0.495 e. The number of ether oxygens (including phenoxy) is 2. The predicted octanol–water partition coefficient (Wildman–Crippen LogP) is 2.32. The van der Waals surface area contributed by atoms with Crippen molar-refractivity contribution in [3.8, 4) is 11.5 Å². The summed E-state index contributed by atoms with van der Waals surface area (Å²) >= 11 is 0. The summed E-state index contributed by atoms with van der Waals surface area (Å²) in [6.45, 7) is 3.59. The van der Waals surface area contributed by atoms with Gasteiger partial charge in [-0.05, 0) is 42.8 Å². The van der Waals surface area contributed by atoms with E-state index in [0.29, 0.717) is 17.2 Å². The zero-order chi connectivity index (χ0) is 19.2. The number of carbonyl (C=O) groups is 1. The van der Waals surface area contributed by atoms with Gasteiger partial charge in [0.05, 0.1) is 17.7 Å². The van der Waals surface area contributed by atoms with E-state index in [1.54, 1.807) is 0 Å². The number of sulfonamides is 1. The molecule has 0 aliphatic rings. The molecule has 8 heteroatoms. The van der Waals surface area contributed by atoms with E-state index in [-0.39, 0.29) is 24.0 Å². The molecule has 0 bridgehead atoms. The van der Waals surface area contributed by atoms with E-state index in [2.05, 4.69) is 10.0 Å². The van der Waals surface area contributed by atoms with Crippen molar-refractivity contribution >= 4 is 21.6 Å². The van der Waals surface area contributed by atoms with Crippen molar-refractivity contribution in [2.24, 2.45) is 0 Å². The Balaban J connectivity index is 2.01. The number of hydrogen-bond acceptors (Lipinski definition) is 5. The summed E-state index contributed by atoms with van der Waals surface area (Å²) < 4.78 is 38.0. The van der Waals surface area contributed by atoms with Crippen molar-refractivity contribution in [2.75, 3.05) is 25.6 Å². The fraction of sp³-hybridized carbons (Fsp3) is 0.278. The molecule has 140 valence electrons. The van der Waals surface area contributed by atoms with Crippen LogP contribution < -0.4 is 19.5 Å². The zero-order valence-corrected chi connectivity index (χ0v) is 15.7. The lowest BCUT2D eigenvalue weighted by Gasteiger charge is -2.12. The normalized spacial score (nSPS) is 11.0. The van der Waals surface area contributed by atoms with Crippen LogP contribution in [0.15, 0.2) is 47.4 Å². The largest absolute Gasteiger partial charge is 0.495 e. The van der Waals surface area contributed by atoms with E-state index in [1.807, 2.05) is 31.2 Å². The number of hydrogen-bond donors (Lipinski definition) is 2. The van der Waals surface area contributed by atoms with E-state index in [4.69, 9.17) is 9.47 Å². The Morgan fingerprint density at radius 2 is 1.92 bits per heavy atom. The molecule has 2 aromatic carbocycles. The summed E-state index contributed by atoms with van der Waals surface area (Å²) in [6, 6.07) is 11.8. The lowest BCUT2D eigenvalue weighted by Crippen LogP contribution is -2.28. The molecular formula is C18H22N2O5S. The molecular weight excluding hydrogens is 356 g/mol. The van der Waals surface area contributed by atoms with E-state index in [0.717, 1.165) is 5.56 Å². The van der Waals surface area contributed by atoms with Gasteiger partial charge in [0.1, 0.15) is 18.1 Å². The van der Waals surface area contributed by atoms with E-state index < -0.39 is 10.0 Å². The third-order valence-corrected chi connectivity index (χ3v) is 4.90. The number of rotatable bonds is 8. The van der Waals surface area contributed by atoms with Crippen molar-refractivity contribution in [3.63, 3.8) is 0 Å². The second-order valence-electron chi connectivity index (χ2n) is 5.61. The molecule has 2 rings (SSSR count). The van der Waals surface area contributed by atoms with Crippen molar-refractivity contribution < 1.29 is 22.7 Å². The molecule has 0 fully saturated rings. The molecule has 0 aliphatic heterocycles. The molecule has 0 saturated heterocycles. The van der Waals surface area contributed by atoms with Gasteiger partial charge in [-0.15, -0.1) is 0 Å². The van der Waals surface area contributed by atoms with Crippen LogP contribution in [-0.4, -0.2) is 34.6 Å². The lowest BCUT2D eigenvalue weighted by molar-refractivity contribution is -0.114. The standard InChI is InChI=1S/C18H22N2O5S/c1-13-5-4-6-15(11-13)25-10-9-19-26(22,23)16-7-8-18(24-3)17(12-16)20-14(2)21/h4-8,11-12,19H,9-10H2,1-3H3,(H,20,21). The molecule has 1 amide bonds. The highest BCUT2D eigenvalue weighted by Gasteiger charge is 2.16. The third-order valence-electron chi connectivity index (χ3n) is 3.44. The molecule has 0 heterocycles. The van der Waals surface area contributed by atoms with Gasteiger partial charge in [0.2, 0.25) is 15.9 Å². The molecule has 0 radical (unpaired) electrons. The molecule has 0 unspecified atom stereocenters. The Morgan fingerprint density at radius 3 is 2.58 bits per heavy atom. The summed E-state index contributed by atoms with van der Waals surface area (Å²) in [7, 11) is -2.30. The number of aryl methyl sites for hydroxylation is 1. The van der Waals surface area contributed by atoms with Crippen molar-refractivity contribution in [2.45, 2.75) is 18.7 Å². The average Bonchev–Trinajstić information content (AvgIpc) is 2.58. The first kappa shape index (κ1) is 19.7.